The van der Waals surface area contributed by atoms with Gasteiger partial charge in [0.15, 0.2) is 0 Å². The number of urea groups is 1. The smallest absolute Gasteiger partial charge is 0.319 e. The van der Waals surface area contributed by atoms with Gasteiger partial charge in [0.2, 0.25) is 0 Å². The van der Waals surface area contributed by atoms with Crippen molar-refractivity contribution in [1.82, 2.24) is 15.1 Å². The maximum atomic E-state index is 12.4. The van der Waals surface area contributed by atoms with Gasteiger partial charge in [-0.3, -0.25) is 4.90 Å². The van der Waals surface area contributed by atoms with E-state index in [2.05, 4.69) is 52.2 Å². The molecule has 2 aliphatic heterocycles. The van der Waals surface area contributed by atoms with Crippen molar-refractivity contribution in [3.8, 4) is 0 Å². The maximum Gasteiger partial charge on any atom is 0.319 e. The topological polar surface area (TPSA) is 60.1 Å². The van der Waals surface area contributed by atoms with E-state index in [1.165, 1.54) is 0 Å². The van der Waals surface area contributed by atoms with Crippen LogP contribution in [0.1, 0.15) is 20.8 Å². The molecule has 0 aromatic heterocycles. The molecule has 0 spiro atoms. The van der Waals surface area contributed by atoms with Crippen molar-refractivity contribution in [3.63, 3.8) is 0 Å². The molecule has 3 rings (SSSR count). The average Bonchev–Trinajstić information content (AvgIpc) is 2.68. The largest absolute Gasteiger partial charge is 0.373 e. The van der Waals surface area contributed by atoms with Crippen LogP contribution in [0.15, 0.2) is 24.3 Å². The molecule has 0 radical (unpaired) electrons. The van der Waals surface area contributed by atoms with Crippen LogP contribution in [0.4, 0.5) is 16.2 Å². The summed E-state index contributed by atoms with van der Waals surface area (Å²) in [5.41, 5.74) is 1.97. The van der Waals surface area contributed by atoms with E-state index in [9.17, 15) is 4.79 Å². The Morgan fingerprint density at radius 2 is 1.75 bits per heavy atom. The van der Waals surface area contributed by atoms with E-state index in [0.717, 1.165) is 63.7 Å². The highest BCUT2D eigenvalue weighted by Crippen LogP contribution is 2.26. The third-order valence-corrected chi connectivity index (χ3v) is 5.52. The first kappa shape index (κ1) is 20.9. The second kappa shape index (κ2) is 10.1. The molecule has 7 heteroatoms. The molecule has 1 aromatic rings. The van der Waals surface area contributed by atoms with Crippen molar-refractivity contribution < 1.29 is 9.53 Å². The molecule has 2 atom stereocenters. The highest BCUT2D eigenvalue weighted by Gasteiger charge is 2.22. The number of anilines is 2. The zero-order chi connectivity index (χ0) is 19.9. The predicted molar refractivity (Wildman–Crippen MR) is 114 cm³/mol. The van der Waals surface area contributed by atoms with Crippen molar-refractivity contribution in [2.45, 2.75) is 33.0 Å². The lowest BCUT2D eigenvalue weighted by atomic mass is 10.2. The van der Waals surface area contributed by atoms with E-state index in [4.69, 9.17) is 4.74 Å². The Balaban J connectivity index is 1.48. The van der Waals surface area contributed by atoms with Gasteiger partial charge in [0.1, 0.15) is 0 Å². The standard InChI is InChI=1S/C21H35N5O2/c1-4-24-11-13-26(14-12-24)20-8-6-5-7-19(20)23-21(27)22-9-10-25-15-17(2)28-18(3)16-25/h5-8,17-18H,4,9-16H2,1-3H3,(H2,22,23,27). The van der Waals surface area contributed by atoms with Crippen molar-refractivity contribution in [1.29, 1.82) is 0 Å². The predicted octanol–water partition coefficient (Wildman–Crippen LogP) is 2.06. The molecule has 2 saturated heterocycles. The number of amides is 2. The number of nitrogens with zero attached hydrogens (tertiary/aromatic N) is 3. The van der Waals surface area contributed by atoms with Gasteiger partial charge in [0.05, 0.1) is 23.6 Å². The van der Waals surface area contributed by atoms with E-state index >= 15 is 0 Å². The Kier molecular flexibility index (Phi) is 7.53. The summed E-state index contributed by atoms with van der Waals surface area (Å²) >= 11 is 0. The summed E-state index contributed by atoms with van der Waals surface area (Å²) in [6.07, 6.45) is 0.496. The second-order valence-corrected chi connectivity index (χ2v) is 7.84. The number of benzene rings is 1. The highest BCUT2D eigenvalue weighted by atomic mass is 16.5. The summed E-state index contributed by atoms with van der Waals surface area (Å²) in [5, 5.41) is 6.03. The molecule has 2 unspecified atom stereocenters. The number of hydrogen-bond donors (Lipinski definition) is 2. The van der Waals surface area contributed by atoms with Crippen molar-refractivity contribution in [2.75, 3.05) is 69.1 Å². The van der Waals surface area contributed by atoms with Gasteiger partial charge >= 0.3 is 6.03 Å². The first-order chi connectivity index (χ1) is 13.5. The first-order valence-corrected chi connectivity index (χ1v) is 10.5. The molecule has 2 amide bonds. The molecule has 1 aromatic carbocycles. The normalized spacial score (nSPS) is 24.2. The van der Waals surface area contributed by atoms with E-state index in [1.807, 2.05) is 18.2 Å². The van der Waals surface area contributed by atoms with Crippen LogP contribution < -0.4 is 15.5 Å². The van der Waals surface area contributed by atoms with E-state index in [-0.39, 0.29) is 18.2 Å². The third-order valence-electron chi connectivity index (χ3n) is 5.52. The number of carbonyl (C=O) groups is 1. The molecule has 2 aliphatic rings. The second-order valence-electron chi connectivity index (χ2n) is 7.84. The lowest BCUT2D eigenvalue weighted by Crippen LogP contribution is -2.48. The van der Waals surface area contributed by atoms with Crippen LogP contribution in [-0.4, -0.2) is 86.9 Å². The number of morpholine rings is 1. The number of rotatable bonds is 6. The van der Waals surface area contributed by atoms with Crippen LogP contribution >= 0.6 is 0 Å². The van der Waals surface area contributed by atoms with E-state index in [0.29, 0.717) is 6.54 Å². The molecule has 0 aliphatic carbocycles. The SMILES string of the molecule is CCN1CCN(c2ccccc2NC(=O)NCCN2CC(C)OC(C)C2)CC1. The Morgan fingerprint density at radius 3 is 2.43 bits per heavy atom. The van der Waals surface area contributed by atoms with E-state index in [1.54, 1.807) is 0 Å². The zero-order valence-corrected chi connectivity index (χ0v) is 17.5. The minimum absolute atomic E-state index is 0.144. The quantitative estimate of drug-likeness (QED) is 0.780. The molecule has 156 valence electrons. The number of likely N-dealkylation sites (N-methyl/N-ethyl adjacent to an activating group) is 1. The van der Waals surface area contributed by atoms with Crippen LogP contribution in [0.5, 0.6) is 0 Å². The fourth-order valence-corrected chi connectivity index (χ4v) is 4.12. The Morgan fingerprint density at radius 1 is 1.07 bits per heavy atom. The Hall–Kier alpha value is -1.83. The van der Waals surface area contributed by atoms with Crippen LogP contribution in [0, 0.1) is 0 Å². The van der Waals surface area contributed by atoms with Crippen LogP contribution in [0.25, 0.3) is 0 Å². The monoisotopic (exact) mass is 389 g/mol. The van der Waals surface area contributed by atoms with Crippen molar-refractivity contribution >= 4 is 17.4 Å². The maximum absolute atomic E-state index is 12.4. The Bertz CT molecular complexity index is 623. The van der Waals surface area contributed by atoms with Gasteiger partial charge in [0, 0.05) is 52.4 Å². The number of piperazine rings is 1. The number of hydrogen-bond acceptors (Lipinski definition) is 5. The van der Waals surface area contributed by atoms with Crippen LogP contribution in [0.3, 0.4) is 0 Å². The van der Waals surface area contributed by atoms with Crippen molar-refractivity contribution in [3.05, 3.63) is 24.3 Å². The zero-order valence-electron chi connectivity index (χ0n) is 17.5. The minimum atomic E-state index is -0.144. The molecule has 0 saturated carbocycles. The van der Waals surface area contributed by atoms with Crippen LogP contribution in [-0.2, 0) is 4.74 Å². The molecular weight excluding hydrogens is 354 g/mol. The molecule has 28 heavy (non-hydrogen) atoms. The fourth-order valence-electron chi connectivity index (χ4n) is 4.12. The van der Waals surface area contributed by atoms with Gasteiger partial charge < -0.3 is 25.2 Å². The van der Waals surface area contributed by atoms with Gasteiger partial charge in [-0.15, -0.1) is 0 Å². The summed E-state index contributed by atoms with van der Waals surface area (Å²) in [6, 6.07) is 7.93. The van der Waals surface area contributed by atoms with Crippen LogP contribution in [0.2, 0.25) is 0 Å². The Labute approximate surface area is 169 Å². The minimum Gasteiger partial charge on any atom is -0.373 e. The van der Waals surface area contributed by atoms with Gasteiger partial charge in [-0.2, -0.15) is 0 Å². The summed E-state index contributed by atoms with van der Waals surface area (Å²) in [7, 11) is 0. The van der Waals surface area contributed by atoms with Gasteiger partial charge in [-0.1, -0.05) is 19.1 Å². The lowest BCUT2D eigenvalue weighted by Gasteiger charge is -2.36. The molecular formula is C21H35N5O2. The number of para-hydroxylation sites is 2. The van der Waals surface area contributed by atoms with E-state index < -0.39 is 0 Å². The number of carbonyl (C=O) groups excluding carboxylic acids is 1. The molecule has 2 heterocycles. The van der Waals surface area contributed by atoms with Gasteiger partial charge in [0.25, 0.3) is 0 Å². The molecule has 7 nitrogen and oxygen atoms in total. The summed E-state index contributed by atoms with van der Waals surface area (Å²) in [6.45, 7) is 14.9. The average molecular weight is 390 g/mol. The molecule has 2 fully saturated rings. The first-order valence-electron chi connectivity index (χ1n) is 10.5. The lowest BCUT2D eigenvalue weighted by molar-refractivity contribution is -0.0672. The highest BCUT2D eigenvalue weighted by molar-refractivity contribution is 5.93. The number of ether oxygens (including phenoxy) is 1. The molecule has 0 bridgehead atoms. The van der Waals surface area contributed by atoms with Gasteiger partial charge in [-0.05, 0) is 32.5 Å². The summed E-state index contributed by atoms with van der Waals surface area (Å²) in [5.74, 6) is 0. The summed E-state index contributed by atoms with van der Waals surface area (Å²) < 4.78 is 5.76. The molecule has 2 N–H and O–H groups in total. The third kappa shape index (κ3) is 5.83. The number of nitrogens with one attached hydrogen (secondary N) is 2. The van der Waals surface area contributed by atoms with Gasteiger partial charge in [-0.25, -0.2) is 4.79 Å². The summed E-state index contributed by atoms with van der Waals surface area (Å²) in [4.78, 5) is 19.6. The fraction of sp³-hybridized carbons (Fsp3) is 0.667. The van der Waals surface area contributed by atoms with Crippen molar-refractivity contribution in [2.24, 2.45) is 0 Å².